The van der Waals surface area contributed by atoms with Crippen LogP contribution in [0.4, 0.5) is 0 Å². The minimum atomic E-state index is -0.263. The van der Waals surface area contributed by atoms with Crippen molar-refractivity contribution in [1.29, 1.82) is 0 Å². The average molecular weight is 218 g/mol. The molecule has 1 atom stereocenters. The third kappa shape index (κ3) is 2.30. The van der Waals surface area contributed by atoms with Crippen LogP contribution < -0.4 is 0 Å². The summed E-state index contributed by atoms with van der Waals surface area (Å²) in [5.41, 5.74) is 0.745. The van der Waals surface area contributed by atoms with Crippen molar-refractivity contribution in [3.8, 4) is 0 Å². The first-order chi connectivity index (χ1) is 7.60. The monoisotopic (exact) mass is 218 g/mol. The van der Waals surface area contributed by atoms with Crippen LogP contribution in [0.15, 0.2) is 24.4 Å². The average Bonchev–Trinajstić information content (AvgIpc) is 2.25. The quantitative estimate of drug-likeness (QED) is 0.755. The fourth-order valence-corrected chi connectivity index (χ4v) is 2.41. The zero-order valence-corrected chi connectivity index (χ0v) is 9.94. The maximum Gasteiger partial charge on any atom is 0.141 e. The summed E-state index contributed by atoms with van der Waals surface area (Å²) in [6.45, 7) is 3.78. The number of nitrogens with zero attached hydrogens (tertiary/aromatic N) is 2. The van der Waals surface area contributed by atoms with Gasteiger partial charge in [-0.25, -0.2) is 0 Å². The summed E-state index contributed by atoms with van der Waals surface area (Å²) >= 11 is 0. The number of hydrogen-bond donors (Lipinski definition) is 0. The Hall–Kier alpha value is -1.22. The van der Waals surface area contributed by atoms with Crippen LogP contribution in [0.2, 0.25) is 0 Å². The van der Waals surface area contributed by atoms with Crippen LogP contribution in [0.3, 0.4) is 0 Å². The number of piperidine rings is 1. The van der Waals surface area contributed by atoms with Crippen LogP contribution >= 0.6 is 0 Å². The van der Waals surface area contributed by atoms with Crippen LogP contribution in [0.5, 0.6) is 0 Å². The number of carbonyl (C=O) groups excluding carboxylic acids is 1. The lowest BCUT2D eigenvalue weighted by Gasteiger charge is -2.37. The molecule has 0 bridgehead atoms. The zero-order valence-electron chi connectivity index (χ0n) is 9.94. The Morgan fingerprint density at radius 2 is 2.31 bits per heavy atom. The van der Waals surface area contributed by atoms with Gasteiger partial charge in [-0.05, 0) is 19.2 Å². The summed E-state index contributed by atoms with van der Waals surface area (Å²) in [6.07, 6.45) is 3.20. The fraction of sp³-hybridized carbons (Fsp3) is 0.538. The van der Waals surface area contributed by atoms with E-state index in [0.29, 0.717) is 12.2 Å². The minimum absolute atomic E-state index is 0.263. The van der Waals surface area contributed by atoms with E-state index in [0.717, 1.165) is 25.2 Å². The predicted molar refractivity (Wildman–Crippen MR) is 63.2 cm³/mol. The van der Waals surface area contributed by atoms with Crippen molar-refractivity contribution in [2.45, 2.75) is 19.8 Å². The zero-order chi connectivity index (χ0) is 11.6. The first-order valence-corrected chi connectivity index (χ1v) is 5.72. The van der Waals surface area contributed by atoms with Crippen LogP contribution in [-0.4, -0.2) is 35.8 Å². The van der Waals surface area contributed by atoms with E-state index in [1.54, 1.807) is 6.20 Å². The van der Waals surface area contributed by atoms with Gasteiger partial charge in [-0.1, -0.05) is 13.0 Å². The molecular weight excluding hydrogens is 200 g/mol. The van der Waals surface area contributed by atoms with E-state index in [9.17, 15) is 4.79 Å². The molecule has 16 heavy (non-hydrogen) atoms. The summed E-state index contributed by atoms with van der Waals surface area (Å²) in [7, 11) is 2.07. The van der Waals surface area contributed by atoms with Crippen molar-refractivity contribution >= 4 is 5.78 Å². The Balaban J connectivity index is 2.15. The number of aromatic nitrogens is 1. The summed E-state index contributed by atoms with van der Waals surface area (Å²) in [4.78, 5) is 18.5. The van der Waals surface area contributed by atoms with Gasteiger partial charge in [0.1, 0.15) is 5.78 Å². The van der Waals surface area contributed by atoms with E-state index in [1.165, 1.54) is 0 Å². The van der Waals surface area contributed by atoms with Gasteiger partial charge in [-0.3, -0.25) is 9.78 Å². The fourth-order valence-electron chi connectivity index (χ4n) is 2.41. The van der Waals surface area contributed by atoms with Crippen molar-refractivity contribution in [1.82, 2.24) is 9.88 Å². The Bertz CT molecular complexity index is 377. The van der Waals surface area contributed by atoms with E-state index < -0.39 is 0 Å². The molecular formula is C13H18N2O. The number of likely N-dealkylation sites (tertiary alicyclic amines) is 1. The molecule has 3 nitrogen and oxygen atoms in total. The van der Waals surface area contributed by atoms with Gasteiger partial charge in [0.15, 0.2) is 0 Å². The molecule has 3 heteroatoms. The molecule has 0 saturated carbocycles. The van der Waals surface area contributed by atoms with Gasteiger partial charge in [0.2, 0.25) is 0 Å². The number of hydrogen-bond acceptors (Lipinski definition) is 3. The second kappa shape index (κ2) is 4.34. The second-order valence-electron chi connectivity index (χ2n) is 4.97. The molecule has 0 radical (unpaired) electrons. The summed E-state index contributed by atoms with van der Waals surface area (Å²) in [6, 6.07) is 5.87. The second-order valence-corrected chi connectivity index (χ2v) is 4.97. The molecule has 1 aliphatic rings. The first kappa shape index (κ1) is 11.3. The molecule has 0 N–H and O–H groups in total. The molecule has 2 rings (SSSR count). The van der Waals surface area contributed by atoms with E-state index in [1.807, 2.05) is 18.2 Å². The molecule has 0 spiro atoms. The van der Waals surface area contributed by atoms with Crippen LogP contribution in [0.1, 0.15) is 19.0 Å². The predicted octanol–water partition coefficient (Wildman–Crippen LogP) is 1.54. The SMILES string of the molecule is CN1CCC(=O)C(C)(Cc2ccccn2)C1. The molecule has 1 fully saturated rings. The van der Waals surface area contributed by atoms with Crippen LogP contribution in [-0.2, 0) is 11.2 Å². The normalized spacial score (nSPS) is 27.0. The van der Waals surface area contributed by atoms with Crippen LogP contribution in [0, 0.1) is 5.41 Å². The molecule has 1 unspecified atom stereocenters. The van der Waals surface area contributed by atoms with Gasteiger partial charge in [-0.15, -0.1) is 0 Å². The van der Waals surface area contributed by atoms with Gasteiger partial charge in [0, 0.05) is 43.2 Å². The Morgan fingerprint density at radius 3 is 3.00 bits per heavy atom. The standard InChI is InChI=1S/C13H18N2O/c1-13(9-11-5-3-4-7-14-11)10-15(2)8-6-12(13)16/h3-5,7H,6,8-10H2,1-2H3. The first-order valence-electron chi connectivity index (χ1n) is 5.72. The lowest BCUT2D eigenvalue weighted by atomic mass is 9.77. The lowest BCUT2D eigenvalue weighted by molar-refractivity contribution is -0.132. The Morgan fingerprint density at radius 1 is 1.50 bits per heavy atom. The Kier molecular flexibility index (Phi) is 3.06. The molecule has 0 aromatic carbocycles. The number of Topliss-reactive ketones (excluding diaryl/α,β-unsaturated/α-hetero) is 1. The van der Waals surface area contributed by atoms with E-state index in [-0.39, 0.29) is 5.41 Å². The van der Waals surface area contributed by atoms with Gasteiger partial charge < -0.3 is 4.90 Å². The molecule has 1 saturated heterocycles. The smallest absolute Gasteiger partial charge is 0.141 e. The molecule has 1 aliphatic heterocycles. The van der Waals surface area contributed by atoms with Crippen molar-refractivity contribution in [2.75, 3.05) is 20.1 Å². The largest absolute Gasteiger partial charge is 0.305 e. The van der Waals surface area contributed by atoms with E-state index >= 15 is 0 Å². The van der Waals surface area contributed by atoms with E-state index in [4.69, 9.17) is 0 Å². The van der Waals surface area contributed by atoms with Crippen LogP contribution in [0.25, 0.3) is 0 Å². The highest BCUT2D eigenvalue weighted by atomic mass is 16.1. The summed E-state index contributed by atoms with van der Waals surface area (Å²) in [5.74, 6) is 0.372. The molecule has 2 heterocycles. The molecule has 1 aromatic rings. The van der Waals surface area contributed by atoms with Gasteiger partial charge in [-0.2, -0.15) is 0 Å². The lowest BCUT2D eigenvalue weighted by Crippen LogP contribution is -2.47. The number of carbonyl (C=O) groups is 1. The highest BCUT2D eigenvalue weighted by molar-refractivity contribution is 5.85. The van der Waals surface area contributed by atoms with E-state index in [2.05, 4.69) is 23.9 Å². The molecule has 86 valence electrons. The maximum absolute atomic E-state index is 12.0. The summed E-state index contributed by atoms with van der Waals surface area (Å²) < 4.78 is 0. The molecule has 1 aromatic heterocycles. The van der Waals surface area contributed by atoms with Crippen molar-refractivity contribution in [2.24, 2.45) is 5.41 Å². The van der Waals surface area contributed by atoms with Crippen molar-refractivity contribution in [3.63, 3.8) is 0 Å². The Labute approximate surface area is 96.5 Å². The van der Waals surface area contributed by atoms with Crippen molar-refractivity contribution < 1.29 is 4.79 Å². The van der Waals surface area contributed by atoms with Gasteiger partial charge in [0.05, 0.1) is 0 Å². The third-order valence-corrected chi connectivity index (χ3v) is 3.31. The van der Waals surface area contributed by atoms with Gasteiger partial charge in [0.25, 0.3) is 0 Å². The third-order valence-electron chi connectivity index (χ3n) is 3.31. The van der Waals surface area contributed by atoms with Gasteiger partial charge >= 0.3 is 0 Å². The highest BCUT2D eigenvalue weighted by Gasteiger charge is 2.37. The molecule has 0 aliphatic carbocycles. The van der Waals surface area contributed by atoms with Crippen molar-refractivity contribution in [3.05, 3.63) is 30.1 Å². The molecule has 0 amide bonds. The minimum Gasteiger partial charge on any atom is -0.305 e. The number of ketones is 1. The number of rotatable bonds is 2. The topological polar surface area (TPSA) is 33.2 Å². The maximum atomic E-state index is 12.0. The summed E-state index contributed by atoms with van der Waals surface area (Å²) in [5, 5.41) is 0. The highest BCUT2D eigenvalue weighted by Crippen LogP contribution is 2.28. The number of pyridine rings is 1.